The molecule has 7 heteroatoms. The van der Waals surface area contributed by atoms with E-state index in [0.29, 0.717) is 23.1 Å². The first-order chi connectivity index (χ1) is 15.2. The molecule has 0 bridgehead atoms. The summed E-state index contributed by atoms with van der Waals surface area (Å²) in [4.78, 5) is 13.0. The highest BCUT2D eigenvalue weighted by Gasteiger charge is 2.22. The molecule has 0 amide bonds. The Kier molecular flexibility index (Phi) is 5.00. The molecule has 0 atom stereocenters. The number of rotatable bonds is 4. The smallest absolute Gasteiger partial charge is 0.248 e. The van der Waals surface area contributed by atoms with Gasteiger partial charge in [0, 0.05) is 37.3 Å². The molecule has 0 radical (unpaired) electrons. The van der Waals surface area contributed by atoms with Crippen molar-refractivity contribution in [2.45, 2.75) is 0 Å². The van der Waals surface area contributed by atoms with E-state index in [4.69, 9.17) is 10.5 Å². The third-order valence-corrected chi connectivity index (χ3v) is 5.55. The zero-order valence-corrected chi connectivity index (χ0v) is 16.9. The van der Waals surface area contributed by atoms with Gasteiger partial charge in [0.2, 0.25) is 5.88 Å². The first kappa shape index (κ1) is 19.1. The Labute approximate surface area is 179 Å². The van der Waals surface area contributed by atoms with Crippen LogP contribution in [-0.2, 0) is 0 Å². The van der Waals surface area contributed by atoms with Gasteiger partial charge in [-0.3, -0.25) is 0 Å². The largest absolute Gasteiger partial charge is 0.436 e. The predicted octanol–water partition coefficient (Wildman–Crippen LogP) is 4.47. The van der Waals surface area contributed by atoms with Gasteiger partial charge in [-0.2, -0.15) is 4.98 Å². The second-order valence-electron chi connectivity index (χ2n) is 7.45. The number of nitrogens with zero attached hydrogens (tertiary/aromatic N) is 4. The lowest BCUT2D eigenvalue weighted by Gasteiger charge is -2.37. The molecule has 0 unspecified atom stereocenters. The molecular weight excluding hydrogens is 393 g/mol. The van der Waals surface area contributed by atoms with Gasteiger partial charge in [-0.25, -0.2) is 9.37 Å². The molecule has 156 valence electrons. The molecule has 6 nitrogen and oxygen atoms in total. The minimum atomic E-state index is -0.227. The number of hydrogen-bond donors (Lipinski definition) is 1. The first-order valence-electron chi connectivity index (χ1n) is 10.2. The van der Waals surface area contributed by atoms with Gasteiger partial charge in [-0.05, 0) is 35.7 Å². The summed E-state index contributed by atoms with van der Waals surface area (Å²) in [5, 5.41) is 2.09. The van der Waals surface area contributed by atoms with Crippen LogP contribution in [0.4, 0.5) is 21.6 Å². The van der Waals surface area contributed by atoms with Crippen molar-refractivity contribution < 1.29 is 9.13 Å². The number of piperazine rings is 1. The van der Waals surface area contributed by atoms with E-state index in [9.17, 15) is 4.39 Å². The molecule has 1 aromatic heterocycles. The summed E-state index contributed by atoms with van der Waals surface area (Å²) in [6.07, 6.45) is 1.48. The number of fused-ring (bicyclic) bond motifs is 1. The maximum absolute atomic E-state index is 13.2. The molecule has 1 aliphatic rings. The number of nitrogens with two attached hydrogens (primary N) is 1. The Morgan fingerprint density at radius 1 is 0.806 bits per heavy atom. The topological polar surface area (TPSA) is 67.5 Å². The van der Waals surface area contributed by atoms with Crippen LogP contribution >= 0.6 is 0 Å². The van der Waals surface area contributed by atoms with Gasteiger partial charge in [0.15, 0.2) is 5.82 Å². The maximum Gasteiger partial charge on any atom is 0.248 e. The number of halogens is 1. The lowest BCUT2D eigenvalue weighted by atomic mass is 10.1. The van der Waals surface area contributed by atoms with E-state index in [1.54, 1.807) is 12.1 Å². The fraction of sp³-hybridized carbons (Fsp3) is 0.167. The average molecular weight is 415 g/mol. The van der Waals surface area contributed by atoms with Crippen LogP contribution in [0.2, 0.25) is 0 Å². The first-order valence-corrected chi connectivity index (χ1v) is 10.2. The van der Waals surface area contributed by atoms with Crippen molar-refractivity contribution >= 4 is 28.0 Å². The highest BCUT2D eigenvalue weighted by atomic mass is 19.1. The van der Waals surface area contributed by atoms with Crippen molar-refractivity contribution in [1.29, 1.82) is 0 Å². The Hall–Kier alpha value is -3.87. The van der Waals surface area contributed by atoms with Gasteiger partial charge in [0.05, 0.1) is 0 Å². The molecule has 3 aromatic carbocycles. The van der Waals surface area contributed by atoms with E-state index < -0.39 is 0 Å². The summed E-state index contributed by atoms with van der Waals surface area (Å²) in [6.45, 7) is 3.06. The quantitative estimate of drug-likeness (QED) is 0.530. The van der Waals surface area contributed by atoms with Crippen LogP contribution in [0.3, 0.4) is 0 Å². The molecule has 5 rings (SSSR count). The van der Waals surface area contributed by atoms with E-state index in [2.05, 4.69) is 19.8 Å². The molecular formula is C24H22FN5O. The molecule has 4 aromatic rings. The molecule has 0 spiro atoms. The van der Waals surface area contributed by atoms with Crippen LogP contribution in [-0.4, -0.2) is 36.1 Å². The molecule has 31 heavy (non-hydrogen) atoms. The van der Waals surface area contributed by atoms with E-state index in [-0.39, 0.29) is 5.82 Å². The normalized spacial score (nSPS) is 14.1. The lowest BCUT2D eigenvalue weighted by Crippen LogP contribution is -2.47. The monoisotopic (exact) mass is 415 g/mol. The lowest BCUT2D eigenvalue weighted by molar-refractivity contribution is 0.469. The summed E-state index contributed by atoms with van der Waals surface area (Å²) < 4.78 is 19.3. The van der Waals surface area contributed by atoms with Gasteiger partial charge in [-0.15, -0.1) is 0 Å². The summed E-state index contributed by atoms with van der Waals surface area (Å²) >= 11 is 0. The highest BCUT2D eigenvalue weighted by Crippen LogP contribution is 2.35. The minimum absolute atomic E-state index is 0.227. The summed E-state index contributed by atoms with van der Waals surface area (Å²) in [5.74, 6) is 1.50. The van der Waals surface area contributed by atoms with Crippen LogP contribution < -0.4 is 20.3 Å². The Balaban J connectivity index is 1.35. The van der Waals surface area contributed by atoms with Crippen molar-refractivity contribution in [2.24, 2.45) is 0 Å². The van der Waals surface area contributed by atoms with Crippen molar-refractivity contribution in [3.05, 3.63) is 78.9 Å². The van der Waals surface area contributed by atoms with Gasteiger partial charge >= 0.3 is 0 Å². The third kappa shape index (κ3) is 3.82. The number of ether oxygens (including phenoxy) is 1. The van der Waals surface area contributed by atoms with Crippen LogP contribution in [0, 0.1) is 5.82 Å². The van der Waals surface area contributed by atoms with Gasteiger partial charge in [0.25, 0.3) is 0 Å². The number of aromatic nitrogens is 2. The molecule has 0 saturated carbocycles. The molecule has 1 fully saturated rings. The fourth-order valence-corrected chi connectivity index (χ4v) is 3.92. The van der Waals surface area contributed by atoms with Gasteiger partial charge < -0.3 is 20.3 Å². The molecule has 2 heterocycles. The average Bonchev–Trinajstić information content (AvgIpc) is 2.81. The molecule has 2 N–H and O–H groups in total. The van der Waals surface area contributed by atoms with Crippen LogP contribution in [0.15, 0.2) is 73.1 Å². The maximum atomic E-state index is 13.2. The second kappa shape index (κ2) is 8.10. The van der Waals surface area contributed by atoms with Crippen LogP contribution in [0.1, 0.15) is 0 Å². The Morgan fingerprint density at radius 2 is 1.52 bits per heavy atom. The number of anilines is 3. The number of benzene rings is 3. The molecule has 1 saturated heterocycles. The standard InChI is InChI=1S/C24H22FN5O/c25-18-8-10-19(11-9-18)29-12-14-30(15-13-29)23-22(26)24(28-16-27-23)31-21-7-3-5-17-4-1-2-6-20(17)21/h1-11,16H,12-15,26H2. The number of nitrogen functional groups attached to an aromatic ring is 1. The summed E-state index contributed by atoms with van der Waals surface area (Å²) in [6, 6.07) is 20.5. The highest BCUT2D eigenvalue weighted by molar-refractivity contribution is 5.88. The number of hydrogen-bond acceptors (Lipinski definition) is 6. The van der Waals surface area contributed by atoms with E-state index in [1.807, 2.05) is 42.5 Å². The van der Waals surface area contributed by atoms with E-state index in [0.717, 1.165) is 42.6 Å². The summed E-state index contributed by atoms with van der Waals surface area (Å²) in [5.41, 5.74) is 7.85. The second-order valence-corrected chi connectivity index (χ2v) is 7.45. The van der Waals surface area contributed by atoms with Crippen LogP contribution in [0.5, 0.6) is 11.6 Å². The van der Waals surface area contributed by atoms with Gasteiger partial charge in [0.1, 0.15) is 23.6 Å². The van der Waals surface area contributed by atoms with Gasteiger partial charge in [-0.1, -0.05) is 36.4 Å². The SMILES string of the molecule is Nc1c(Oc2cccc3ccccc23)ncnc1N1CCN(c2ccc(F)cc2)CC1. The fourth-order valence-electron chi connectivity index (χ4n) is 3.92. The van der Waals surface area contributed by atoms with Crippen molar-refractivity contribution in [2.75, 3.05) is 41.7 Å². The predicted molar refractivity (Wildman–Crippen MR) is 121 cm³/mol. The Morgan fingerprint density at radius 3 is 2.32 bits per heavy atom. The minimum Gasteiger partial charge on any atom is -0.436 e. The van der Waals surface area contributed by atoms with Crippen molar-refractivity contribution in [1.82, 2.24) is 9.97 Å². The van der Waals surface area contributed by atoms with Crippen molar-refractivity contribution in [3.8, 4) is 11.6 Å². The van der Waals surface area contributed by atoms with E-state index >= 15 is 0 Å². The van der Waals surface area contributed by atoms with Crippen molar-refractivity contribution in [3.63, 3.8) is 0 Å². The summed E-state index contributed by atoms with van der Waals surface area (Å²) in [7, 11) is 0. The van der Waals surface area contributed by atoms with Crippen LogP contribution in [0.25, 0.3) is 10.8 Å². The Bertz CT molecular complexity index is 1200. The molecule has 0 aliphatic carbocycles. The zero-order valence-electron chi connectivity index (χ0n) is 16.9. The molecule has 1 aliphatic heterocycles. The zero-order chi connectivity index (χ0) is 21.2. The third-order valence-electron chi connectivity index (χ3n) is 5.55. The van der Waals surface area contributed by atoms with E-state index in [1.165, 1.54) is 18.5 Å².